The molecule has 1 aromatic heterocycles. The SMILES string of the molecule is Cc1ncsc1-c1ccc([C@H](C)NC(=O)[C@@H]2CCCN2C(=O)[C@@H](NC(=O)C(F)(F)Oc2ccc(Br)cc2)C(C)(C)C)cc1. The maximum atomic E-state index is 14.8. The number of alkyl halides is 2. The minimum Gasteiger partial charge on any atom is -0.425 e. The van der Waals surface area contributed by atoms with E-state index in [4.69, 9.17) is 0 Å². The summed E-state index contributed by atoms with van der Waals surface area (Å²) in [6.07, 6.45) is -3.25. The maximum Gasteiger partial charge on any atom is 0.482 e. The predicted octanol–water partition coefficient (Wildman–Crippen LogP) is 6.25. The van der Waals surface area contributed by atoms with E-state index in [1.165, 1.54) is 29.2 Å². The Balaban J connectivity index is 1.43. The summed E-state index contributed by atoms with van der Waals surface area (Å²) in [5, 5.41) is 5.19. The molecule has 43 heavy (non-hydrogen) atoms. The van der Waals surface area contributed by atoms with E-state index in [9.17, 15) is 23.2 Å². The van der Waals surface area contributed by atoms with Gasteiger partial charge in [0.25, 0.3) is 0 Å². The number of likely N-dealkylation sites (tertiary alicyclic amines) is 1. The Morgan fingerprint density at radius 3 is 2.30 bits per heavy atom. The van der Waals surface area contributed by atoms with E-state index < -0.39 is 35.4 Å². The Morgan fingerprint density at radius 2 is 1.72 bits per heavy atom. The van der Waals surface area contributed by atoms with E-state index in [-0.39, 0.29) is 24.2 Å². The van der Waals surface area contributed by atoms with Crippen molar-refractivity contribution in [3.63, 3.8) is 0 Å². The molecule has 1 aliphatic rings. The van der Waals surface area contributed by atoms with Gasteiger partial charge in [-0.25, -0.2) is 4.98 Å². The van der Waals surface area contributed by atoms with E-state index in [1.807, 2.05) is 38.1 Å². The van der Waals surface area contributed by atoms with Crippen molar-refractivity contribution >= 4 is 45.0 Å². The quantitative estimate of drug-likeness (QED) is 0.279. The molecule has 3 amide bonds. The van der Waals surface area contributed by atoms with Crippen LogP contribution in [0.2, 0.25) is 0 Å². The molecule has 1 saturated heterocycles. The Kier molecular flexibility index (Phi) is 9.90. The third-order valence-electron chi connectivity index (χ3n) is 7.33. The van der Waals surface area contributed by atoms with Crippen LogP contribution >= 0.6 is 27.3 Å². The largest absolute Gasteiger partial charge is 0.482 e. The lowest BCUT2D eigenvalue weighted by molar-refractivity contribution is -0.194. The minimum absolute atomic E-state index is 0.208. The molecule has 0 radical (unpaired) electrons. The van der Waals surface area contributed by atoms with Gasteiger partial charge in [-0.3, -0.25) is 14.4 Å². The van der Waals surface area contributed by atoms with E-state index >= 15 is 0 Å². The van der Waals surface area contributed by atoms with Crippen molar-refractivity contribution in [2.75, 3.05) is 6.54 Å². The molecule has 1 fully saturated rings. The highest BCUT2D eigenvalue weighted by Gasteiger charge is 2.48. The van der Waals surface area contributed by atoms with Gasteiger partial charge in [0.2, 0.25) is 11.8 Å². The second-order valence-electron chi connectivity index (χ2n) is 11.7. The van der Waals surface area contributed by atoms with Crippen LogP contribution in [-0.4, -0.2) is 52.3 Å². The number of carbonyl (C=O) groups is 3. The average molecular weight is 678 g/mol. The smallest absolute Gasteiger partial charge is 0.425 e. The second-order valence-corrected chi connectivity index (χ2v) is 13.4. The molecule has 0 saturated carbocycles. The summed E-state index contributed by atoms with van der Waals surface area (Å²) < 4.78 is 34.9. The standard InChI is InChI=1S/C31H35BrF2N4O4S/c1-18(20-8-10-21(11-9-20)25-19(2)35-17-43-25)36-27(39)24-7-6-16-38(24)28(40)26(30(3,4)5)37-29(41)31(33,34)42-23-14-12-22(32)13-15-23/h8-15,17-18,24,26H,6-7,16H2,1-5H3,(H,36,39)(H,37,41)/t18-,24-,26+/m0/s1. The van der Waals surface area contributed by atoms with Crippen molar-refractivity contribution in [1.29, 1.82) is 0 Å². The minimum atomic E-state index is -4.23. The number of thiazole rings is 1. The number of nitrogens with one attached hydrogen (secondary N) is 2. The molecule has 4 rings (SSSR count). The number of aromatic nitrogens is 1. The van der Waals surface area contributed by atoms with Gasteiger partial charge in [0.05, 0.1) is 22.1 Å². The highest BCUT2D eigenvalue weighted by molar-refractivity contribution is 9.10. The van der Waals surface area contributed by atoms with Crippen LogP contribution in [0.25, 0.3) is 10.4 Å². The van der Waals surface area contributed by atoms with E-state index in [2.05, 4.69) is 36.3 Å². The first-order chi connectivity index (χ1) is 20.2. The number of hydrogen-bond donors (Lipinski definition) is 2. The zero-order valence-electron chi connectivity index (χ0n) is 24.6. The van der Waals surface area contributed by atoms with Crippen LogP contribution < -0.4 is 15.4 Å². The Bertz CT molecular complexity index is 1460. The Labute approximate surface area is 262 Å². The van der Waals surface area contributed by atoms with Gasteiger partial charge in [-0.05, 0) is 67.5 Å². The highest BCUT2D eigenvalue weighted by Crippen LogP contribution is 2.30. The number of benzene rings is 2. The van der Waals surface area contributed by atoms with Crippen LogP contribution in [0.5, 0.6) is 5.75 Å². The van der Waals surface area contributed by atoms with Gasteiger partial charge < -0.3 is 20.3 Å². The predicted molar refractivity (Wildman–Crippen MR) is 165 cm³/mol. The first-order valence-electron chi connectivity index (χ1n) is 13.9. The molecular weight excluding hydrogens is 642 g/mol. The van der Waals surface area contributed by atoms with Gasteiger partial charge in [-0.2, -0.15) is 8.78 Å². The summed E-state index contributed by atoms with van der Waals surface area (Å²) in [6.45, 7) is 9.06. The van der Waals surface area contributed by atoms with Crippen LogP contribution in [0, 0.1) is 12.3 Å². The normalized spacial score (nSPS) is 16.8. The van der Waals surface area contributed by atoms with Gasteiger partial charge in [0.15, 0.2) is 0 Å². The molecule has 12 heteroatoms. The average Bonchev–Trinajstić information content (AvgIpc) is 3.61. The molecule has 2 N–H and O–H groups in total. The molecule has 0 aliphatic carbocycles. The van der Waals surface area contributed by atoms with E-state index in [0.29, 0.717) is 17.3 Å². The number of carbonyl (C=O) groups excluding carboxylic acids is 3. The van der Waals surface area contributed by atoms with Crippen molar-refractivity contribution in [3.8, 4) is 16.2 Å². The molecular formula is C31H35BrF2N4O4S. The van der Waals surface area contributed by atoms with E-state index in [0.717, 1.165) is 21.7 Å². The summed E-state index contributed by atoms with van der Waals surface area (Å²) in [7, 11) is 0. The summed E-state index contributed by atoms with van der Waals surface area (Å²) in [6, 6.07) is 11.0. The van der Waals surface area contributed by atoms with Gasteiger partial charge in [0, 0.05) is 11.0 Å². The molecule has 8 nitrogen and oxygen atoms in total. The van der Waals surface area contributed by atoms with Crippen LogP contribution in [-0.2, 0) is 14.4 Å². The molecule has 3 aromatic rings. The molecule has 2 heterocycles. The molecule has 230 valence electrons. The fourth-order valence-electron chi connectivity index (χ4n) is 4.92. The number of halogens is 3. The molecule has 3 atom stereocenters. The first kappa shape index (κ1) is 32.5. The van der Waals surface area contributed by atoms with Gasteiger partial charge in [0.1, 0.15) is 17.8 Å². The van der Waals surface area contributed by atoms with Gasteiger partial charge >= 0.3 is 12.0 Å². The molecule has 0 bridgehead atoms. The number of hydrogen-bond acceptors (Lipinski definition) is 6. The summed E-state index contributed by atoms with van der Waals surface area (Å²) >= 11 is 4.78. The maximum absolute atomic E-state index is 14.8. The third kappa shape index (κ3) is 7.77. The van der Waals surface area contributed by atoms with Crippen LogP contribution in [0.1, 0.15) is 57.8 Å². The topological polar surface area (TPSA) is 101 Å². The Hall–Kier alpha value is -3.38. The zero-order valence-corrected chi connectivity index (χ0v) is 27.0. The molecule has 1 aliphatic heterocycles. The summed E-state index contributed by atoms with van der Waals surface area (Å²) in [5.74, 6) is -2.89. The summed E-state index contributed by atoms with van der Waals surface area (Å²) in [4.78, 5) is 46.6. The first-order valence-corrected chi connectivity index (χ1v) is 15.6. The number of aryl methyl sites for hydroxylation is 1. The lowest BCUT2D eigenvalue weighted by atomic mass is 9.85. The number of ether oxygens (including phenoxy) is 1. The monoisotopic (exact) mass is 676 g/mol. The fourth-order valence-corrected chi connectivity index (χ4v) is 6.00. The van der Waals surface area contributed by atoms with Gasteiger partial charge in [-0.15, -0.1) is 11.3 Å². The highest BCUT2D eigenvalue weighted by atomic mass is 79.9. The third-order valence-corrected chi connectivity index (χ3v) is 8.83. The van der Waals surface area contributed by atoms with Crippen molar-refractivity contribution in [2.24, 2.45) is 5.41 Å². The number of amides is 3. The van der Waals surface area contributed by atoms with Crippen LogP contribution in [0.3, 0.4) is 0 Å². The molecule has 0 unspecified atom stereocenters. The van der Waals surface area contributed by atoms with Crippen molar-refractivity contribution in [2.45, 2.75) is 71.7 Å². The summed E-state index contributed by atoms with van der Waals surface area (Å²) in [5.41, 5.74) is 3.75. The lowest BCUT2D eigenvalue weighted by Gasteiger charge is -2.36. The van der Waals surface area contributed by atoms with Gasteiger partial charge in [-0.1, -0.05) is 61.0 Å². The Morgan fingerprint density at radius 1 is 1.07 bits per heavy atom. The van der Waals surface area contributed by atoms with Crippen LogP contribution in [0.15, 0.2) is 58.5 Å². The fraction of sp³-hybridized carbons (Fsp3) is 0.419. The molecule has 2 aromatic carbocycles. The van der Waals surface area contributed by atoms with Crippen molar-refractivity contribution in [3.05, 3.63) is 69.8 Å². The second kappa shape index (κ2) is 13.1. The van der Waals surface area contributed by atoms with Crippen LogP contribution in [0.4, 0.5) is 8.78 Å². The number of nitrogens with zero attached hydrogens (tertiary/aromatic N) is 2. The van der Waals surface area contributed by atoms with E-state index in [1.54, 1.807) is 37.6 Å². The lowest BCUT2D eigenvalue weighted by Crippen LogP contribution is -2.60. The number of rotatable bonds is 9. The zero-order chi connectivity index (χ0) is 31.5. The van der Waals surface area contributed by atoms with Crippen molar-refractivity contribution < 1.29 is 27.9 Å². The molecule has 0 spiro atoms. The van der Waals surface area contributed by atoms with Crippen molar-refractivity contribution in [1.82, 2.24) is 20.5 Å².